The largest absolute Gasteiger partial charge is 0.493 e. The monoisotopic (exact) mass is 894 g/mol. The van der Waals surface area contributed by atoms with Crippen molar-refractivity contribution in [3.05, 3.63) is 119 Å². The van der Waals surface area contributed by atoms with E-state index in [0.717, 1.165) is 116 Å². The Hall–Kier alpha value is -6.49. The van der Waals surface area contributed by atoms with Crippen molar-refractivity contribution in [2.24, 2.45) is 17.3 Å². The number of nitrogens with zero attached hydrogens (tertiary/aromatic N) is 7. The second kappa shape index (κ2) is 17.0. The Balaban J connectivity index is 0.572. The molecule has 2 bridgehead atoms. The number of aromatic nitrogens is 3. The van der Waals surface area contributed by atoms with Crippen molar-refractivity contribution >= 4 is 34.5 Å². The van der Waals surface area contributed by atoms with Gasteiger partial charge < -0.3 is 14.5 Å². The zero-order valence-electron chi connectivity index (χ0n) is 37.7. The molecule has 1 N–H and O–H groups in total. The number of pyridine rings is 1. The zero-order valence-corrected chi connectivity index (χ0v) is 37.7. The number of carbonyl (C=O) groups excluding carboxylic acids is 4. The summed E-state index contributed by atoms with van der Waals surface area (Å²) in [5, 5.41) is 3.44. The summed E-state index contributed by atoms with van der Waals surface area (Å²) in [7, 11) is 0. The van der Waals surface area contributed by atoms with Gasteiger partial charge >= 0.3 is 0 Å². The van der Waals surface area contributed by atoms with Crippen molar-refractivity contribution in [3.8, 4) is 29.0 Å². The average molecular weight is 895 g/mol. The highest BCUT2D eigenvalue weighted by Crippen LogP contribution is 2.62. The Morgan fingerprint density at radius 1 is 0.851 bits per heavy atom. The van der Waals surface area contributed by atoms with E-state index in [1.807, 2.05) is 71.9 Å². The van der Waals surface area contributed by atoms with E-state index in [4.69, 9.17) is 9.72 Å². The van der Waals surface area contributed by atoms with Crippen molar-refractivity contribution in [2.75, 3.05) is 45.9 Å². The number of imide groups is 1. The molecule has 3 aliphatic carbocycles. The van der Waals surface area contributed by atoms with Crippen molar-refractivity contribution in [3.63, 3.8) is 0 Å². The van der Waals surface area contributed by atoms with Gasteiger partial charge in [-0.25, -0.2) is 9.97 Å². The normalized spacial score (nSPS) is 25.2. The van der Waals surface area contributed by atoms with Gasteiger partial charge in [0.2, 0.25) is 17.7 Å². The first-order valence-electron chi connectivity index (χ1n) is 24.2. The van der Waals surface area contributed by atoms with E-state index in [1.165, 1.54) is 5.56 Å². The third kappa shape index (κ3) is 8.04. The molecule has 2 atom stereocenters. The number of nitrogens with one attached hydrogen (secondary N) is 1. The first kappa shape index (κ1) is 41.9. The van der Waals surface area contributed by atoms with Gasteiger partial charge in [0.05, 0.1) is 30.9 Å². The molecule has 13 heteroatoms. The predicted octanol–water partition coefficient (Wildman–Crippen LogP) is 5.75. The molecule has 0 radical (unpaired) electrons. The number of benzene rings is 3. The molecule has 2 unspecified atom stereocenters. The van der Waals surface area contributed by atoms with Gasteiger partial charge in [-0.3, -0.25) is 39.3 Å². The molecule has 13 rings (SSSR count). The lowest BCUT2D eigenvalue weighted by Crippen LogP contribution is -2.54. The quantitative estimate of drug-likeness (QED) is 0.144. The summed E-state index contributed by atoms with van der Waals surface area (Å²) in [6.07, 6.45) is 10.4. The maximum Gasteiger partial charge on any atom is 0.255 e. The fraction of sp³-hybridized carbons (Fsp3) is 0.426. The second-order valence-electron chi connectivity index (χ2n) is 20.2. The van der Waals surface area contributed by atoms with Gasteiger partial charge in [0.25, 0.3) is 5.91 Å². The first-order chi connectivity index (χ1) is 32.7. The average Bonchev–Trinajstić information content (AvgIpc) is 4.00. The third-order valence-corrected chi connectivity index (χ3v) is 16.0. The summed E-state index contributed by atoms with van der Waals surface area (Å²) in [6, 6.07) is 24.4. The highest BCUT2D eigenvalue weighted by molar-refractivity contribution is 6.05. The highest BCUT2D eigenvalue weighted by atomic mass is 16.5. The Bertz CT molecular complexity index is 2870. The number of amides is 4. The third-order valence-electron chi connectivity index (χ3n) is 16.0. The molecule has 2 aromatic heterocycles. The number of piperidine rings is 2. The molecule has 0 spiro atoms. The van der Waals surface area contributed by atoms with Crippen molar-refractivity contribution < 1.29 is 23.9 Å². The van der Waals surface area contributed by atoms with Crippen LogP contribution < -0.4 is 10.1 Å². The first-order valence-corrected chi connectivity index (χ1v) is 24.2. The summed E-state index contributed by atoms with van der Waals surface area (Å²) >= 11 is 0. The lowest BCUT2D eigenvalue weighted by molar-refractivity contribution is -0.138. The predicted molar refractivity (Wildman–Crippen MR) is 250 cm³/mol. The Kier molecular flexibility index (Phi) is 10.6. The molecule has 5 aliphatic heterocycles. The van der Waals surface area contributed by atoms with Crippen LogP contribution in [-0.4, -0.2) is 116 Å². The minimum absolute atomic E-state index is 0.0443. The topological polar surface area (TPSA) is 141 Å². The van der Waals surface area contributed by atoms with Crippen LogP contribution in [0.4, 0.5) is 0 Å². The molecule has 13 nitrogen and oxygen atoms in total. The van der Waals surface area contributed by atoms with Gasteiger partial charge in [-0.05, 0) is 110 Å². The van der Waals surface area contributed by atoms with Crippen LogP contribution in [0.5, 0.6) is 5.75 Å². The van der Waals surface area contributed by atoms with Crippen LogP contribution in [0.3, 0.4) is 0 Å². The van der Waals surface area contributed by atoms with E-state index in [9.17, 15) is 19.2 Å². The van der Waals surface area contributed by atoms with Gasteiger partial charge in [0.15, 0.2) is 5.82 Å². The summed E-state index contributed by atoms with van der Waals surface area (Å²) in [5.74, 6) is 8.68. The summed E-state index contributed by atoms with van der Waals surface area (Å²) < 4.78 is 6.37. The minimum atomic E-state index is -0.586. The van der Waals surface area contributed by atoms with Gasteiger partial charge in [-0.15, -0.1) is 0 Å². The SMILES string of the molecule is O=C1CCC(N2Cc3cc(C4CN(C5CCN(CC#Cc6ccc(OCC78CC(C7)C(C(=O)N7CCc9cnc(-c%10cnc%11ccccc%11c%10)nc9C7)C8)cc6)CC5)C4)ccc3C2=O)C(=O)N1. The molecule has 5 aromatic rings. The lowest BCUT2D eigenvalue weighted by Gasteiger charge is -2.47. The smallest absolute Gasteiger partial charge is 0.255 e. The highest BCUT2D eigenvalue weighted by Gasteiger charge is 2.59. The van der Waals surface area contributed by atoms with Crippen LogP contribution in [0.2, 0.25) is 0 Å². The molecular weight excluding hydrogens is 841 g/mol. The van der Waals surface area contributed by atoms with Crippen molar-refractivity contribution in [2.45, 2.75) is 82.5 Å². The zero-order chi connectivity index (χ0) is 45.2. The number of carbonyl (C=O) groups is 4. The molecule has 8 aliphatic rings. The maximum absolute atomic E-state index is 14.0. The second-order valence-corrected chi connectivity index (χ2v) is 20.2. The standard InChI is InChI=1S/C54H54N8O5/c63-49-14-13-48(51(64)58-49)62-31-39-22-35(9-12-44(39)53(62)66)41-29-61(30-41)42-16-19-59(20-17-42)18-3-4-34-7-10-43(11-8-34)67-33-54-24-40(25-54)45(26-54)52(65)60-21-15-37-27-56-50(57-47(37)32-60)38-23-36-5-1-2-6-46(36)55-28-38/h1-2,5-12,22-23,27-28,40-42,45,48H,13-21,24-26,29-33H2,(H,58,63,64). The number of fused-ring (bicyclic) bond motifs is 4. The molecule has 67 heavy (non-hydrogen) atoms. The minimum Gasteiger partial charge on any atom is -0.493 e. The summed E-state index contributed by atoms with van der Waals surface area (Å²) in [6.45, 7) is 7.14. The molecule has 340 valence electrons. The van der Waals surface area contributed by atoms with Gasteiger partial charge in [0.1, 0.15) is 11.8 Å². The molecule has 7 heterocycles. The van der Waals surface area contributed by atoms with Crippen LogP contribution in [0.25, 0.3) is 22.3 Å². The number of rotatable bonds is 9. The van der Waals surface area contributed by atoms with Gasteiger partial charge in [-0.1, -0.05) is 42.2 Å². The van der Waals surface area contributed by atoms with Crippen LogP contribution in [0.1, 0.15) is 89.2 Å². The van der Waals surface area contributed by atoms with Crippen LogP contribution in [-0.2, 0) is 33.9 Å². The van der Waals surface area contributed by atoms with E-state index in [1.54, 1.807) is 4.90 Å². The van der Waals surface area contributed by atoms with Crippen LogP contribution in [0, 0.1) is 29.1 Å². The Labute approximate surface area is 390 Å². The van der Waals surface area contributed by atoms with Gasteiger partial charge in [-0.2, -0.15) is 0 Å². The van der Waals surface area contributed by atoms with Crippen LogP contribution >= 0.6 is 0 Å². The number of hydrogen-bond acceptors (Lipinski definition) is 10. The van der Waals surface area contributed by atoms with E-state index in [-0.39, 0.29) is 41.4 Å². The van der Waals surface area contributed by atoms with E-state index in [2.05, 4.69) is 55.1 Å². The number of hydrogen-bond donors (Lipinski definition) is 1. The lowest BCUT2D eigenvalue weighted by atomic mass is 9.70. The molecule has 6 fully saturated rings. The summed E-state index contributed by atoms with van der Waals surface area (Å²) in [4.78, 5) is 74.1. The molecule has 4 amide bonds. The Morgan fingerprint density at radius 2 is 1.69 bits per heavy atom. The number of ether oxygens (including phenoxy) is 1. The number of likely N-dealkylation sites (tertiary alicyclic amines) is 2. The fourth-order valence-corrected chi connectivity index (χ4v) is 12.1. The summed E-state index contributed by atoms with van der Waals surface area (Å²) in [5.41, 5.74) is 7.84. The van der Waals surface area contributed by atoms with E-state index >= 15 is 0 Å². The van der Waals surface area contributed by atoms with E-state index < -0.39 is 6.04 Å². The number of para-hydroxylation sites is 1. The Morgan fingerprint density at radius 3 is 2.52 bits per heavy atom. The molecule has 3 saturated carbocycles. The van der Waals surface area contributed by atoms with E-state index in [0.29, 0.717) is 61.9 Å². The van der Waals surface area contributed by atoms with Crippen molar-refractivity contribution in [1.82, 2.24) is 39.9 Å². The molecular formula is C54H54N8O5. The molecule has 3 aromatic carbocycles. The van der Waals surface area contributed by atoms with Crippen LogP contribution in [0.15, 0.2) is 85.2 Å². The van der Waals surface area contributed by atoms with Crippen molar-refractivity contribution in [1.29, 1.82) is 0 Å². The molecule has 3 saturated heterocycles. The van der Waals surface area contributed by atoms with Gasteiger partial charge in [0, 0.05) is 103 Å². The maximum atomic E-state index is 14.0. The fourth-order valence-electron chi connectivity index (χ4n) is 12.1.